The van der Waals surface area contributed by atoms with Gasteiger partial charge in [-0.3, -0.25) is 11.3 Å². The summed E-state index contributed by atoms with van der Waals surface area (Å²) in [6.07, 6.45) is 1.84. The Balaban J connectivity index is 2.13. The summed E-state index contributed by atoms with van der Waals surface area (Å²) in [6.45, 7) is 4.28. The van der Waals surface area contributed by atoms with Gasteiger partial charge in [0.15, 0.2) is 0 Å². The van der Waals surface area contributed by atoms with Crippen LogP contribution in [0.2, 0.25) is 0 Å². The van der Waals surface area contributed by atoms with Crippen molar-refractivity contribution in [2.75, 3.05) is 0 Å². The smallest absolute Gasteiger partial charge is 0.0291 e. The molecule has 2 aromatic rings. The number of hydrogen-bond donors (Lipinski definition) is 2. The predicted octanol–water partition coefficient (Wildman–Crippen LogP) is 3.68. The van der Waals surface area contributed by atoms with Crippen molar-refractivity contribution in [3.05, 3.63) is 69.2 Å². The van der Waals surface area contributed by atoms with Crippen LogP contribution in [0, 0.1) is 13.8 Å². The van der Waals surface area contributed by atoms with Crippen LogP contribution in [0.4, 0.5) is 0 Å². The van der Waals surface area contributed by atoms with Gasteiger partial charge in [-0.05, 0) is 49.4 Å². The first-order valence-electron chi connectivity index (χ1n) is 6.86. The topological polar surface area (TPSA) is 38.0 Å². The van der Waals surface area contributed by atoms with Crippen molar-refractivity contribution in [1.29, 1.82) is 0 Å². The molecule has 106 valence electrons. The molecule has 0 bridgehead atoms. The molecule has 3 heteroatoms. The van der Waals surface area contributed by atoms with Crippen molar-refractivity contribution < 1.29 is 0 Å². The molecule has 2 aromatic carbocycles. The van der Waals surface area contributed by atoms with Crippen molar-refractivity contribution in [2.45, 2.75) is 32.7 Å². The van der Waals surface area contributed by atoms with Crippen molar-refractivity contribution in [3.8, 4) is 0 Å². The van der Waals surface area contributed by atoms with E-state index in [0.29, 0.717) is 0 Å². The van der Waals surface area contributed by atoms with Gasteiger partial charge >= 0.3 is 0 Å². The van der Waals surface area contributed by atoms with Crippen LogP contribution in [-0.4, -0.2) is 6.04 Å². The highest BCUT2D eigenvalue weighted by Gasteiger charge is 2.12. The lowest BCUT2D eigenvalue weighted by Gasteiger charge is -2.18. The molecule has 0 saturated heterocycles. The maximum atomic E-state index is 5.74. The molecule has 0 saturated carbocycles. The number of aryl methyl sites for hydroxylation is 2. The van der Waals surface area contributed by atoms with Gasteiger partial charge in [0.1, 0.15) is 0 Å². The van der Waals surface area contributed by atoms with E-state index in [1.807, 2.05) is 6.07 Å². The summed E-state index contributed by atoms with van der Waals surface area (Å²) < 4.78 is 1.14. The number of halogens is 1. The lowest BCUT2D eigenvalue weighted by molar-refractivity contribution is 0.521. The Bertz CT molecular complexity index is 581. The van der Waals surface area contributed by atoms with E-state index in [1.165, 1.54) is 22.3 Å². The largest absolute Gasteiger partial charge is 0.271 e. The molecule has 0 amide bonds. The highest BCUT2D eigenvalue weighted by atomic mass is 79.9. The number of rotatable bonds is 5. The van der Waals surface area contributed by atoms with Crippen LogP contribution < -0.4 is 11.3 Å². The molecule has 0 aliphatic rings. The zero-order valence-electron chi connectivity index (χ0n) is 12.0. The van der Waals surface area contributed by atoms with E-state index in [4.69, 9.17) is 5.84 Å². The second-order valence-corrected chi connectivity index (χ2v) is 6.15. The zero-order valence-corrected chi connectivity index (χ0v) is 13.6. The van der Waals surface area contributed by atoms with E-state index < -0.39 is 0 Å². The lowest BCUT2D eigenvalue weighted by atomic mass is 9.95. The Kier molecular flexibility index (Phi) is 5.35. The summed E-state index contributed by atoms with van der Waals surface area (Å²) in [7, 11) is 0. The van der Waals surface area contributed by atoms with Gasteiger partial charge in [0.25, 0.3) is 0 Å². The Morgan fingerprint density at radius 2 is 1.75 bits per heavy atom. The standard InChI is InChI=1S/C17H21BrN2/c1-12-7-8-13(2)15(9-12)11-16(20-19)10-14-5-3-4-6-17(14)18/h3-9,16,20H,10-11,19H2,1-2H3. The summed E-state index contributed by atoms with van der Waals surface area (Å²) in [6, 6.07) is 15.1. The molecule has 20 heavy (non-hydrogen) atoms. The molecule has 0 aliphatic heterocycles. The number of benzene rings is 2. The molecule has 0 aromatic heterocycles. The number of nitrogens with one attached hydrogen (secondary N) is 1. The second-order valence-electron chi connectivity index (χ2n) is 5.29. The van der Waals surface area contributed by atoms with Gasteiger partial charge in [-0.15, -0.1) is 0 Å². The minimum atomic E-state index is 0.231. The maximum Gasteiger partial charge on any atom is 0.0291 e. The number of nitrogens with two attached hydrogens (primary N) is 1. The molecule has 2 nitrogen and oxygen atoms in total. The van der Waals surface area contributed by atoms with Crippen LogP contribution in [0.1, 0.15) is 22.3 Å². The third-order valence-electron chi connectivity index (χ3n) is 3.63. The highest BCUT2D eigenvalue weighted by Crippen LogP contribution is 2.20. The average Bonchev–Trinajstić information content (AvgIpc) is 2.44. The Labute approximate surface area is 129 Å². The summed E-state index contributed by atoms with van der Waals surface area (Å²) in [4.78, 5) is 0. The minimum absolute atomic E-state index is 0.231. The van der Waals surface area contributed by atoms with Gasteiger partial charge in [0.2, 0.25) is 0 Å². The quantitative estimate of drug-likeness (QED) is 0.647. The monoisotopic (exact) mass is 332 g/mol. The van der Waals surface area contributed by atoms with E-state index in [1.54, 1.807) is 0 Å². The Morgan fingerprint density at radius 1 is 1.05 bits per heavy atom. The average molecular weight is 333 g/mol. The van der Waals surface area contributed by atoms with Gasteiger partial charge in [0.05, 0.1) is 0 Å². The van der Waals surface area contributed by atoms with Crippen LogP contribution in [-0.2, 0) is 12.8 Å². The molecule has 0 fully saturated rings. The van der Waals surface area contributed by atoms with Crippen molar-refractivity contribution >= 4 is 15.9 Å². The van der Waals surface area contributed by atoms with Crippen LogP contribution >= 0.6 is 15.9 Å². The normalized spacial score (nSPS) is 12.4. The molecule has 0 heterocycles. The van der Waals surface area contributed by atoms with E-state index in [2.05, 4.69) is 71.6 Å². The molecule has 0 aliphatic carbocycles. The first kappa shape index (κ1) is 15.2. The SMILES string of the molecule is Cc1ccc(C)c(CC(Cc2ccccc2Br)NN)c1. The third kappa shape index (κ3) is 3.92. The highest BCUT2D eigenvalue weighted by molar-refractivity contribution is 9.10. The first-order chi connectivity index (χ1) is 9.60. The van der Waals surface area contributed by atoms with Crippen molar-refractivity contribution in [3.63, 3.8) is 0 Å². The van der Waals surface area contributed by atoms with E-state index in [-0.39, 0.29) is 6.04 Å². The van der Waals surface area contributed by atoms with Gasteiger partial charge in [-0.25, -0.2) is 0 Å². The fourth-order valence-electron chi connectivity index (χ4n) is 2.41. The second kappa shape index (κ2) is 7.02. The molecular formula is C17H21BrN2. The molecule has 1 atom stereocenters. The minimum Gasteiger partial charge on any atom is -0.271 e. The van der Waals surface area contributed by atoms with Crippen molar-refractivity contribution in [2.24, 2.45) is 5.84 Å². The van der Waals surface area contributed by atoms with Crippen LogP contribution in [0.15, 0.2) is 46.9 Å². The maximum absolute atomic E-state index is 5.74. The molecule has 1 unspecified atom stereocenters. The van der Waals surface area contributed by atoms with Crippen LogP contribution in [0.3, 0.4) is 0 Å². The lowest BCUT2D eigenvalue weighted by Crippen LogP contribution is -2.38. The fourth-order valence-corrected chi connectivity index (χ4v) is 2.85. The van der Waals surface area contributed by atoms with E-state index >= 15 is 0 Å². The summed E-state index contributed by atoms with van der Waals surface area (Å²) in [5.74, 6) is 5.74. The van der Waals surface area contributed by atoms with Gasteiger partial charge in [-0.2, -0.15) is 0 Å². The molecule has 0 spiro atoms. The third-order valence-corrected chi connectivity index (χ3v) is 4.40. The van der Waals surface area contributed by atoms with E-state index in [0.717, 1.165) is 17.3 Å². The zero-order chi connectivity index (χ0) is 14.5. The summed E-state index contributed by atoms with van der Waals surface area (Å²) in [5, 5.41) is 0. The van der Waals surface area contributed by atoms with Crippen molar-refractivity contribution in [1.82, 2.24) is 5.43 Å². The van der Waals surface area contributed by atoms with Gasteiger partial charge < -0.3 is 0 Å². The van der Waals surface area contributed by atoms with E-state index in [9.17, 15) is 0 Å². The first-order valence-corrected chi connectivity index (χ1v) is 7.65. The molecule has 0 radical (unpaired) electrons. The summed E-state index contributed by atoms with van der Waals surface area (Å²) in [5.41, 5.74) is 8.21. The Hall–Kier alpha value is -1.16. The van der Waals surface area contributed by atoms with Gasteiger partial charge in [-0.1, -0.05) is 57.9 Å². The number of hydrogen-bond acceptors (Lipinski definition) is 2. The Morgan fingerprint density at radius 3 is 2.45 bits per heavy atom. The fraction of sp³-hybridized carbons (Fsp3) is 0.294. The number of hydrazine groups is 1. The molecule has 2 rings (SSSR count). The summed E-state index contributed by atoms with van der Waals surface area (Å²) >= 11 is 3.60. The van der Waals surface area contributed by atoms with Crippen LogP contribution in [0.25, 0.3) is 0 Å². The molecular weight excluding hydrogens is 312 g/mol. The van der Waals surface area contributed by atoms with Gasteiger partial charge in [0, 0.05) is 10.5 Å². The predicted molar refractivity (Wildman–Crippen MR) is 88.6 cm³/mol. The van der Waals surface area contributed by atoms with Crippen LogP contribution in [0.5, 0.6) is 0 Å². The molecule has 3 N–H and O–H groups in total.